The lowest BCUT2D eigenvalue weighted by Crippen LogP contribution is -2.32. The topological polar surface area (TPSA) is 53.3 Å². The third kappa shape index (κ3) is 3.52. The average Bonchev–Trinajstić information content (AvgIpc) is 2.81. The molecule has 1 aliphatic carbocycles. The van der Waals surface area contributed by atoms with Crippen molar-refractivity contribution in [2.75, 3.05) is 32.1 Å². The van der Waals surface area contributed by atoms with E-state index in [1.54, 1.807) is 0 Å². The van der Waals surface area contributed by atoms with Gasteiger partial charge in [-0.3, -0.25) is 0 Å². The second-order valence-electron chi connectivity index (χ2n) is 6.12. The molecule has 1 heterocycles. The summed E-state index contributed by atoms with van der Waals surface area (Å²) in [5, 5.41) is 13.0. The fourth-order valence-electron chi connectivity index (χ4n) is 3.19. The van der Waals surface area contributed by atoms with Crippen LogP contribution in [0.3, 0.4) is 0 Å². The maximum atomic E-state index is 9.44. The van der Waals surface area contributed by atoms with Crippen molar-refractivity contribution in [3.05, 3.63) is 11.9 Å². The minimum absolute atomic E-state index is 0.336. The van der Waals surface area contributed by atoms with Gasteiger partial charge in [-0.25, -0.2) is 4.98 Å². The van der Waals surface area contributed by atoms with Gasteiger partial charge in [0.2, 0.25) is 5.95 Å². The van der Waals surface area contributed by atoms with Crippen molar-refractivity contribution in [1.29, 1.82) is 0 Å². The Kier molecular flexibility index (Phi) is 5.43. The molecule has 2 N–H and O–H groups in total. The fraction of sp³-hybridized carbons (Fsp3) is 0.800. The van der Waals surface area contributed by atoms with E-state index in [1.165, 1.54) is 31.4 Å². The van der Waals surface area contributed by atoms with Gasteiger partial charge in [-0.1, -0.05) is 12.8 Å². The van der Waals surface area contributed by atoms with Crippen molar-refractivity contribution < 1.29 is 5.11 Å². The summed E-state index contributed by atoms with van der Waals surface area (Å²) < 4.78 is 2.12. The molecule has 0 saturated heterocycles. The van der Waals surface area contributed by atoms with Gasteiger partial charge in [0, 0.05) is 34.3 Å². The van der Waals surface area contributed by atoms with E-state index in [2.05, 4.69) is 21.9 Å². The maximum absolute atomic E-state index is 9.44. The van der Waals surface area contributed by atoms with Crippen LogP contribution in [0.25, 0.3) is 0 Å². The van der Waals surface area contributed by atoms with E-state index >= 15 is 0 Å². The van der Waals surface area contributed by atoms with Crippen molar-refractivity contribution >= 4 is 5.95 Å². The number of aliphatic hydroxyl groups excluding tert-OH is 1. The highest BCUT2D eigenvalue weighted by Gasteiger charge is 2.23. The predicted molar refractivity (Wildman–Crippen MR) is 81.8 cm³/mol. The first-order valence-electron chi connectivity index (χ1n) is 7.63. The van der Waals surface area contributed by atoms with Crippen LogP contribution in [0.4, 0.5) is 5.95 Å². The molecule has 1 aliphatic rings. The summed E-state index contributed by atoms with van der Waals surface area (Å²) in [5.74, 6) is 2.09. The first kappa shape index (κ1) is 15.3. The molecular weight excluding hydrogens is 252 g/mol. The zero-order valence-electron chi connectivity index (χ0n) is 13.0. The number of aliphatic hydroxyl groups is 1. The van der Waals surface area contributed by atoms with Crippen LogP contribution in [0.1, 0.15) is 31.4 Å². The Labute approximate surface area is 122 Å². The van der Waals surface area contributed by atoms with E-state index in [9.17, 15) is 5.11 Å². The molecule has 1 aromatic rings. The van der Waals surface area contributed by atoms with E-state index in [4.69, 9.17) is 0 Å². The summed E-state index contributed by atoms with van der Waals surface area (Å²) in [6, 6.07) is 0. The third-order valence-corrected chi connectivity index (χ3v) is 4.47. The lowest BCUT2D eigenvalue weighted by atomic mass is 9.79. The SMILES string of the molecule is CN(C)c1ncc(CNCC2CCCCC2CO)n1C. The Hall–Kier alpha value is -1.07. The molecule has 1 fully saturated rings. The van der Waals surface area contributed by atoms with Crippen LogP contribution in [-0.4, -0.2) is 41.9 Å². The summed E-state index contributed by atoms with van der Waals surface area (Å²) in [4.78, 5) is 6.44. The molecule has 0 aliphatic heterocycles. The third-order valence-electron chi connectivity index (χ3n) is 4.47. The van der Waals surface area contributed by atoms with Crippen molar-refractivity contribution in [2.45, 2.75) is 32.2 Å². The number of anilines is 1. The molecule has 20 heavy (non-hydrogen) atoms. The Balaban J connectivity index is 1.83. The number of imidazole rings is 1. The monoisotopic (exact) mass is 280 g/mol. The number of nitrogens with zero attached hydrogens (tertiary/aromatic N) is 3. The van der Waals surface area contributed by atoms with Crippen LogP contribution in [-0.2, 0) is 13.6 Å². The molecule has 0 aromatic carbocycles. The molecular formula is C15H28N4O. The molecule has 0 spiro atoms. The van der Waals surface area contributed by atoms with Gasteiger partial charge in [0.15, 0.2) is 0 Å². The van der Waals surface area contributed by atoms with Crippen LogP contribution in [0, 0.1) is 11.8 Å². The van der Waals surface area contributed by atoms with E-state index in [-0.39, 0.29) is 0 Å². The summed E-state index contributed by atoms with van der Waals surface area (Å²) in [5.41, 5.74) is 1.20. The molecule has 114 valence electrons. The molecule has 2 unspecified atom stereocenters. The second-order valence-corrected chi connectivity index (χ2v) is 6.12. The summed E-state index contributed by atoms with van der Waals surface area (Å²) >= 11 is 0. The van der Waals surface area contributed by atoms with Crippen LogP contribution in [0.15, 0.2) is 6.20 Å². The molecule has 5 nitrogen and oxygen atoms in total. The van der Waals surface area contributed by atoms with Gasteiger partial charge in [0.25, 0.3) is 0 Å². The van der Waals surface area contributed by atoms with Gasteiger partial charge in [-0.2, -0.15) is 0 Å². The van der Waals surface area contributed by atoms with E-state index in [1.807, 2.05) is 25.2 Å². The van der Waals surface area contributed by atoms with Gasteiger partial charge in [-0.05, 0) is 31.2 Å². The zero-order chi connectivity index (χ0) is 14.5. The van der Waals surface area contributed by atoms with Crippen LogP contribution >= 0.6 is 0 Å². The van der Waals surface area contributed by atoms with Gasteiger partial charge in [0.1, 0.15) is 0 Å². The van der Waals surface area contributed by atoms with E-state index in [0.29, 0.717) is 18.4 Å². The molecule has 5 heteroatoms. The highest BCUT2D eigenvalue weighted by molar-refractivity contribution is 5.30. The molecule has 2 atom stereocenters. The quantitative estimate of drug-likeness (QED) is 0.826. The van der Waals surface area contributed by atoms with Gasteiger partial charge in [0.05, 0.1) is 11.9 Å². The van der Waals surface area contributed by atoms with Gasteiger partial charge >= 0.3 is 0 Å². The Morgan fingerprint density at radius 1 is 1.35 bits per heavy atom. The normalized spacial score (nSPS) is 23.0. The van der Waals surface area contributed by atoms with E-state index in [0.717, 1.165) is 19.0 Å². The molecule has 0 radical (unpaired) electrons. The maximum Gasteiger partial charge on any atom is 0.204 e. The minimum Gasteiger partial charge on any atom is -0.396 e. The number of hydrogen-bond acceptors (Lipinski definition) is 4. The standard InChI is InChI=1S/C15H28N4O/c1-18(2)15-17-10-14(19(15)3)9-16-8-12-6-4-5-7-13(12)11-20/h10,12-13,16,20H,4-9,11H2,1-3H3. The molecule has 0 bridgehead atoms. The number of hydrogen-bond donors (Lipinski definition) is 2. The van der Waals surface area contributed by atoms with Crippen molar-refractivity contribution in [2.24, 2.45) is 18.9 Å². The second kappa shape index (κ2) is 7.09. The summed E-state index contributed by atoms with van der Waals surface area (Å²) in [6.07, 6.45) is 6.94. The number of rotatable bonds is 6. The summed E-state index contributed by atoms with van der Waals surface area (Å²) in [7, 11) is 6.07. The largest absolute Gasteiger partial charge is 0.396 e. The summed E-state index contributed by atoms with van der Waals surface area (Å²) in [6.45, 7) is 2.17. The lowest BCUT2D eigenvalue weighted by Gasteiger charge is -2.30. The zero-order valence-corrected chi connectivity index (χ0v) is 13.0. The average molecular weight is 280 g/mol. The predicted octanol–water partition coefficient (Wildman–Crippen LogP) is 1.37. The van der Waals surface area contributed by atoms with Crippen LogP contribution in [0.5, 0.6) is 0 Å². The Bertz CT molecular complexity index is 416. The fourth-order valence-corrected chi connectivity index (χ4v) is 3.19. The first-order valence-corrected chi connectivity index (χ1v) is 7.63. The smallest absolute Gasteiger partial charge is 0.204 e. The van der Waals surface area contributed by atoms with Crippen molar-refractivity contribution in [1.82, 2.24) is 14.9 Å². The Morgan fingerprint density at radius 2 is 2.05 bits per heavy atom. The molecule has 0 amide bonds. The van der Waals surface area contributed by atoms with Crippen molar-refractivity contribution in [3.8, 4) is 0 Å². The van der Waals surface area contributed by atoms with E-state index < -0.39 is 0 Å². The first-order chi connectivity index (χ1) is 9.63. The lowest BCUT2D eigenvalue weighted by molar-refractivity contribution is 0.133. The molecule has 1 aromatic heterocycles. The highest BCUT2D eigenvalue weighted by Crippen LogP contribution is 2.29. The molecule has 1 saturated carbocycles. The minimum atomic E-state index is 0.336. The van der Waals surface area contributed by atoms with Crippen LogP contribution < -0.4 is 10.2 Å². The highest BCUT2D eigenvalue weighted by atomic mass is 16.3. The van der Waals surface area contributed by atoms with Crippen LogP contribution in [0.2, 0.25) is 0 Å². The number of nitrogens with one attached hydrogen (secondary N) is 1. The van der Waals surface area contributed by atoms with Gasteiger partial charge < -0.3 is 19.9 Å². The Morgan fingerprint density at radius 3 is 2.65 bits per heavy atom. The molecule has 2 rings (SSSR count). The number of aromatic nitrogens is 2. The van der Waals surface area contributed by atoms with Crippen molar-refractivity contribution in [3.63, 3.8) is 0 Å². The van der Waals surface area contributed by atoms with Gasteiger partial charge in [-0.15, -0.1) is 0 Å².